The molecule has 0 atom stereocenters. The first-order valence-electron chi connectivity index (χ1n) is 13.1. The van der Waals surface area contributed by atoms with Crippen molar-refractivity contribution in [3.63, 3.8) is 0 Å². The van der Waals surface area contributed by atoms with E-state index in [2.05, 4.69) is 33.0 Å². The van der Waals surface area contributed by atoms with Gasteiger partial charge in [0.05, 0.1) is 11.4 Å². The monoisotopic (exact) mass is 488 g/mol. The van der Waals surface area contributed by atoms with Crippen LogP contribution in [0.5, 0.6) is 0 Å². The van der Waals surface area contributed by atoms with Crippen LogP contribution in [0.15, 0.2) is 66.7 Å². The molecule has 0 fully saturated rings. The lowest BCUT2D eigenvalue weighted by atomic mass is 9.92. The van der Waals surface area contributed by atoms with E-state index in [-0.39, 0.29) is 23.8 Å². The highest BCUT2D eigenvalue weighted by Crippen LogP contribution is 2.26. The predicted molar refractivity (Wildman–Crippen MR) is 146 cm³/mol. The molecule has 1 heterocycles. The first-order valence-corrected chi connectivity index (χ1v) is 13.1. The van der Waals surface area contributed by atoms with Gasteiger partial charge in [-0.3, -0.25) is 9.59 Å². The molecule has 6 nitrogen and oxygen atoms in total. The maximum Gasteiger partial charge on any atom is 0.245 e. The Balaban J connectivity index is 1.75. The van der Waals surface area contributed by atoms with Crippen LogP contribution in [0, 0.1) is 0 Å². The molecule has 6 heteroatoms. The van der Waals surface area contributed by atoms with Crippen LogP contribution in [0.1, 0.15) is 77.5 Å². The van der Waals surface area contributed by atoms with Crippen LogP contribution in [0.2, 0.25) is 0 Å². The Morgan fingerprint density at radius 3 is 2.19 bits per heavy atom. The van der Waals surface area contributed by atoms with E-state index in [0.717, 1.165) is 36.2 Å². The van der Waals surface area contributed by atoms with Gasteiger partial charge in [-0.2, -0.15) is 5.10 Å². The van der Waals surface area contributed by atoms with E-state index in [4.69, 9.17) is 5.10 Å². The molecule has 192 valence electrons. The molecule has 2 aromatic carbocycles. The largest absolute Gasteiger partial charge is 0.329 e. The normalized spacial score (nSPS) is 11.3. The van der Waals surface area contributed by atoms with Crippen molar-refractivity contribution in [3.05, 3.63) is 78.0 Å². The molecule has 0 aliphatic rings. The number of rotatable bonds is 12. The summed E-state index contributed by atoms with van der Waals surface area (Å²) in [5.74, 6) is 0.378. The minimum atomic E-state index is -0.234. The lowest BCUT2D eigenvalue weighted by Gasteiger charge is -2.22. The first-order chi connectivity index (χ1) is 17.3. The SMILES string of the molecule is CCCCCCCC(=O)N(CC(=O)Nc1cc(C(C)(C)C)nn1-c1ccccc1)Cc1ccccc1. The number of anilines is 1. The highest BCUT2D eigenvalue weighted by atomic mass is 16.2. The summed E-state index contributed by atoms with van der Waals surface area (Å²) in [6.07, 6.45) is 5.85. The van der Waals surface area contributed by atoms with Gasteiger partial charge in [0.15, 0.2) is 0 Å². The molecule has 1 aromatic heterocycles. The lowest BCUT2D eigenvalue weighted by Crippen LogP contribution is -2.37. The standard InChI is InChI=1S/C30H40N4O2/c1-5-6-7-8-15-20-29(36)33(22-24-16-11-9-12-17-24)23-28(35)31-27-21-26(30(2,3)4)32-34(27)25-18-13-10-14-19-25/h9-14,16-19,21H,5-8,15,20,22-23H2,1-4H3,(H,31,35). The average Bonchev–Trinajstić information content (AvgIpc) is 3.29. The summed E-state index contributed by atoms with van der Waals surface area (Å²) >= 11 is 0. The molecule has 3 rings (SSSR count). The number of nitrogens with zero attached hydrogens (tertiary/aromatic N) is 3. The van der Waals surface area contributed by atoms with Gasteiger partial charge in [-0.1, -0.05) is 102 Å². The van der Waals surface area contributed by atoms with Gasteiger partial charge in [0.1, 0.15) is 12.4 Å². The van der Waals surface area contributed by atoms with E-state index in [1.54, 1.807) is 9.58 Å². The highest BCUT2D eigenvalue weighted by molar-refractivity contribution is 5.94. The summed E-state index contributed by atoms with van der Waals surface area (Å²) in [7, 11) is 0. The summed E-state index contributed by atoms with van der Waals surface area (Å²) in [6.45, 7) is 8.87. The second-order valence-corrected chi connectivity index (χ2v) is 10.4. The molecule has 3 aromatic rings. The molecule has 1 N–H and O–H groups in total. The number of unbranched alkanes of at least 4 members (excludes halogenated alkanes) is 4. The molecule has 0 spiro atoms. The van der Waals surface area contributed by atoms with E-state index in [1.165, 1.54) is 12.8 Å². The van der Waals surface area contributed by atoms with Crippen molar-refractivity contribution < 1.29 is 9.59 Å². The van der Waals surface area contributed by atoms with Gasteiger partial charge in [-0.25, -0.2) is 4.68 Å². The number of para-hydroxylation sites is 1. The van der Waals surface area contributed by atoms with Crippen LogP contribution in [0.3, 0.4) is 0 Å². The number of amides is 2. The molecule has 0 aliphatic heterocycles. The number of hydrogen-bond donors (Lipinski definition) is 1. The second kappa shape index (κ2) is 13.1. The number of aromatic nitrogens is 2. The Morgan fingerprint density at radius 1 is 0.917 bits per heavy atom. The Bertz CT molecular complexity index is 1100. The summed E-state index contributed by atoms with van der Waals surface area (Å²) < 4.78 is 1.76. The fraction of sp³-hybridized carbons (Fsp3) is 0.433. The third kappa shape index (κ3) is 8.08. The van der Waals surface area contributed by atoms with Gasteiger partial charge < -0.3 is 10.2 Å². The number of benzene rings is 2. The second-order valence-electron chi connectivity index (χ2n) is 10.4. The van der Waals surface area contributed by atoms with Crippen LogP contribution >= 0.6 is 0 Å². The maximum absolute atomic E-state index is 13.2. The third-order valence-corrected chi connectivity index (χ3v) is 6.14. The van der Waals surface area contributed by atoms with Crippen LogP contribution in [-0.4, -0.2) is 33.0 Å². The van der Waals surface area contributed by atoms with Crippen LogP contribution in [-0.2, 0) is 21.5 Å². The summed E-state index contributed by atoms with van der Waals surface area (Å²) in [4.78, 5) is 28.0. The van der Waals surface area contributed by atoms with Gasteiger partial charge in [0.25, 0.3) is 0 Å². The molecule has 0 unspecified atom stereocenters. The number of carbonyl (C=O) groups excluding carboxylic acids is 2. The molecule has 0 saturated carbocycles. The minimum absolute atomic E-state index is 0.00644. The van der Waals surface area contributed by atoms with Crippen LogP contribution in [0.25, 0.3) is 5.69 Å². The van der Waals surface area contributed by atoms with Crippen molar-refractivity contribution in [1.82, 2.24) is 14.7 Å². The molecule has 36 heavy (non-hydrogen) atoms. The molecule has 0 bridgehead atoms. The van der Waals surface area contributed by atoms with Gasteiger partial charge in [-0.05, 0) is 24.1 Å². The fourth-order valence-electron chi connectivity index (χ4n) is 4.03. The van der Waals surface area contributed by atoms with Crippen molar-refractivity contribution in [2.75, 3.05) is 11.9 Å². The number of hydrogen-bond acceptors (Lipinski definition) is 3. The molecule has 0 radical (unpaired) electrons. The smallest absolute Gasteiger partial charge is 0.245 e. The zero-order chi connectivity index (χ0) is 26.0. The highest BCUT2D eigenvalue weighted by Gasteiger charge is 2.23. The molecule has 0 aliphatic carbocycles. The molecule has 0 saturated heterocycles. The predicted octanol–water partition coefficient (Wildman–Crippen LogP) is 6.50. The van der Waals surface area contributed by atoms with E-state index in [0.29, 0.717) is 18.8 Å². The fourth-order valence-corrected chi connectivity index (χ4v) is 4.03. The Kier molecular flexibility index (Phi) is 9.86. The molecule has 2 amide bonds. The minimum Gasteiger partial charge on any atom is -0.329 e. The Hall–Kier alpha value is -3.41. The van der Waals surface area contributed by atoms with E-state index >= 15 is 0 Å². The van der Waals surface area contributed by atoms with Gasteiger partial charge in [0.2, 0.25) is 11.8 Å². The van der Waals surface area contributed by atoms with Crippen molar-refractivity contribution >= 4 is 17.6 Å². The first kappa shape index (κ1) is 27.2. The van der Waals surface area contributed by atoms with Gasteiger partial charge >= 0.3 is 0 Å². The third-order valence-electron chi connectivity index (χ3n) is 6.14. The van der Waals surface area contributed by atoms with E-state index in [1.807, 2.05) is 66.7 Å². The number of nitrogens with one attached hydrogen (secondary N) is 1. The van der Waals surface area contributed by atoms with Gasteiger partial charge in [0, 0.05) is 24.4 Å². The zero-order valence-corrected chi connectivity index (χ0v) is 22.2. The van der Waals surface area contributed by atoms with Crippen molar-refractivity contribution in [1.29, 1.82) is 0 Å². The summed E-state index contributed by atoms with van der Waals surface area (Å²) in [5, 5.41) is 7.80. The molecular weight excluding hydrogens is 448 g/mol. The Labute approximate surface area is 215 Å². The van der Waals surface area contributed by atoms with Crippen molar-refractivity contribution in [2.45, 2.75) is 78.2 Å². The molecular formula is C30H40N4O2. The number of carbonyl (C=O) groups is 2. The van der Waals surface area contributed by atoms with Crippen LogP contribution in [0.4, 0.5) is 5.82 Å². The van der Waals surface area contributed by atoms with Crippen molar-refractivity contribution in [2.24, 2.45) is 0 Å². The zero-order valence-electron chi connectivity index (χ0n) is 22.2. The average molecular weight is 489 g/mol. The van der Waals surface area contributed by atoms with E-state index in [9.17, 15) is 9.59 Å². The topological polar surface area (TPSA) is 67.2 Å². The lowest BCUT2D eigenvalue weighted by molar-refractivity contribution is -0.135. The van der Waals surface area contributed by atoms with E-state index < -0.39 is 0 Å². The van der Waals surface area contributed by atoms with Crippen LogP contribution < -0.4 is 5.32 Å². The maximum atomic E-state index is 13.2. The van der Waals surface area contributed by atoms with Crippen molar-refractivity contribution in [3.8, 4) is 5.69 Å². The summed E-state index contributed by atoms with van der Waals surface area (Å²) in [5.41, 5.74) is 2.58. The summed E-state index contributed by atoms with van der Waals surface area (Å²) in [6, 6.07) is 21.5. The quantitative estimate of drug-likeness (QED) is 0.296. The van der Waals surface area contributed by atoms with Gasteiger partial charge in [-0.15, -0.1) is 0 Å². The Morgan fingerprint density at radius 2 is 1.56 bits per heavy atom.